The van der Waals surface area contributed by atoms with E-state index in [1.807, 2.05) is 0 Å². The van der Waals surface area contributed by atoms with Crippen LogP contribution >= 0.6 is 0 Å². The van der Waals surface area contributed by atoms with Gasteiger partial charge in [0.1, 0.15) is 6.54 Å². The number of likely N-dealkylation sites (tertiary alicyclic amines) is 1. The second kappa shape index (κ2) is 5.44. The summed E-state index contributed by atoms with van der Waals surface area (Å²) in [5, 5.41) is 0. The number of allylic oxidation sites excluding steroid dienone is 2. The molecule has 3 fully saturated rings. The van der Waals surface area contributed by atoms with Crippen molar-refractivity contribution in [3.05, 3.63) is 12.2 Å². The van der Waals surface area contributed by atoms with Crippen molar-refractivity contribution in [2.75, 3.05) is 39.3 Å². The maximum Gasteiger partial charge on any atom is 0.242 e. The molecule has 0 N–H and O–H groups in total. The first-order valence-electron chi connectivity index (χ1n) is 8.64. The van der Waals surface area contributed by atoms with Crippen LogP contribution in [0.3, 0.4) is 0 Å². The van der Waals surface area contributed by atoms with Gasteiger partial charge in [0.25, 0.3) is 0 Å². The quantitative estimate of drug-likeness (QED) is 0.541. The number of imide groups is 1. The molecular weight excluding hydrogens is 294 g/mol. The van der Waals surface area contributed by atoms with E-state index >= 15 is 0 Å². The zero-order valence-electron chi connectivity index (χ0n) is 13.5. The third kappa shape index (κ3) is 2.23. The van der Waals surface area contributed by atoms with Crippen molar-refractivity contribution in [1.82, 2.24) is 14.7 Å². The van der Waals surface area contributed by atoms with E-state index in [0.717, 1.165) is 26.1 Å². The Morgan fingerprint density at radius 3 is 2.13 bits per heavy atom. The largest absolute Gasteiger partial charge is 0.339 e. The summed E-state index contributed by atoms with van der Waals surface area (Å²) in [6.45, 7) is 6.12. The number of nitrogens with zero attached hydrogens (tertiary/aromatic N) is 3. The fourth-order valence-electron chi connectivity index (χ4n) is 4.67. The van der Waals surface area contributed by atoms with E-state index in [2.05, 4.69) is 24.0 Å². The minimum atomic E-state index is -0.206. The Morgan fingerprint density at radius 2 is 1.61 bits per heavy atom. The Labute approximate surface area is 136 Å². The second-order valence-electron chi connectivity index (χ2n) is 7.08. The van der Waals surface area contributed by atoms with E-state index in [0.29, 0.717) is 13.1 Å². The highest BCUT2D eigenvalue weighted by Crippen LogP contribution is 2.52. The van der Waals surface area contributed by atoms with Crippen molar-refractivity contribution in [3.63, 3.8) is 0 Å². The maximum atomic E-state index is 12.6. The average Bonchev–Trinajstić information content (AvgIpc) is 3.24. The first-order valence-corrected chi connectivity index (χ1v) is 8.64. The summed E-state index contributed by atoms with van der Waals surface area (Å²) in [4.78, 5) is 43.0. The van der Waals surface area contributed by atoms with Gasteiger partial charge < -0.3 is 9.80 Å². The van der Waals surface area contributed by atoms with E-state index in [-0.39, 0.29) is 47.9 Å². The highest BCUT2D eigenvalue weighted by Gasteiger charge is 2.59. The number of hydrogen-bond acceptors (Lipinski definition) is 4. The molecule has 2 aliphatic heterocycles. The summed E-state index contributed by atoms with van der Waals surface area (Å²) >= 11 is 0. The van der Waals surface area contributed by atoms with E-state index in [1.165, 1.54) is 4.90 Å². The summed E-state index contributed by atoms with van der Waals surface area (Å²) in [6.07, 6.45) is 5.08. The lowest BCUT2D eigenvalue weighted by Gasteiger charge is -2.34. The van der Waals surface area contributed by atoms with Gasteiger partial charge in [0.15, 0.2) is 0 Å². The number of rotatable bonds is 3. The van der Waals surface area contributed by atoms with Gasteiger partial charge in [-0.2, -0.15) is 0 Å². The number of piperazine rings is 1. The second-order valence-corrected chi connectivity index (χ2v) is 7.08. The molecule has 2 heterocycles. The van der Waals surface area contributed by atoms with Crippen molar-refractivity contribution in [2.45, 2.75) is 13.3 Å². The van der Waals surface area contributed by atoms with E-state index in [1.54, 1.807) is 4.90 Å². The molecule has 4 aliphatic rings. The van der Waals surface area contributed by atoms with E-state index in [4.69, 9.17) is 0 Å². The zero-order valence-corrected chi connectivity index (χ0v) is 13.5. The molecule has 4 atom stereocenters. The lowest BCUT2D eigenvalue weighted by molar-refractivity contribution is -0.147. The fourth-order valence-corrected chi connectivity index (χ4v) is 4.67. The summed E-state index contributed by atoms with van der Waals surface area (Å²) in [5.74, 6) is -0.355. The normalized spacial score (nSPS) is 36.2. The van der Waals surface area contributed by atoms with Crippen molar-refractivity contribution in [1.29, 1.82) is 0 Å². The van der Waals surface area contributed by atoms with Crippen molar-refractivity contribution in [2.24, 2.45) is 23.7 Å². The van der Waals surface area contributed by atoms with Crippen LogP contribution in [-0.2, 0) is 14.4 Å². The molecule has 0 spiro atoms. The Kier molecular flexibility index (Phi) is 3.52. The number of likely N-dealkylation sites (N-methyl/N-ethyl adjacent to an activating group) is 1. The third-order valence-corrected chi connectivity index (χ3v) is 6.03. The van der Waals surface area contributed by atoms with E-state index < -0.39 is 0 Å². The highest BCUT2D eigenvalue weighted by molar-refractivity contribution is 6.08. The van der Waals surface area contributed by atoms with Gasteiger partial charge in [0.2, 0.25) is 17.7 Å². The summed E-state index contributed by atoms with van der Waals surface area (Å²) < 4.78 is 0. The minimum Gasteiger partial charge on any atom is -0.339 e. The monoisotopic (exact) mass is 317 g/mol. The number of fused-ring (bicyclic) bond motifs is 5. The number of carbonyl (C=O) groups excluding carboxylic acids is 3. The molecule has 0 radical (unpaired) electrons. The Morgan fingerprint density at radius 1 is 1.04 bits per heavy atom. The van der Waals surface area contributed by atoms with Gasteiger partial charge in [-0.3, -0.25) is 19.3 Å². The van der Waals surface area contributed by atoms with Gasteiger partial charge in [-0.15, -0.1) is 0 Å². The van der Waals surface area contributed by atoms with Crippen molar-refractivity contribution < 1.29 is 14.4 Å². The van der Waals surface area contributed by atoms with Crippen LogP contribution in [0.4, 0.5) is 0 Å². The SMILES string of the molecule is CCN1CCN(C(=O)CN2C(=O)C3C4C=CC(C4)C3C2=O)CC1. The van der Waals surface area contributed by atoms with Gasteiger partial charge >= 0.3 is 0 Å². The molecule has 2 aliphatic carbocycles. The molecule has 0 aromatic carbocycles. The lowest BCUT2D eigenvalue weighted by Crippen LogP contribution is -2.51. The Hall–Kier alpha value is -1.69. The molecule has 3 amide bonds. The molecule has 124 valence electrons. The molecule has 4 unspecified atom stereocenters. The maximum absolute atomic E-state index is 12.6. The Bertz CT molecular complexity index is 550. The molecule has 23 heavy (non-hydrogen) atoms. The van der Waals surface area contributed by atoms with Crippen LogP contribution < -0.4 is 0 Å². The molecule has 1 saturated carbocycles. The van der Waals surface area contributed by atoms with Crippen LogP contribution in [0, 0.1) is 23.7 Å². The van der Waals surface area contributed by atoms with Crippen LogP contribution in [0.2, 0.25) is 0 Å². The average molecular weight is 317 g/mol. The molecule has 4 rings (SSSR count). The molecule has 2 bridgehead atoms. The Balaban J connectivity index is 1.41. The van der Waals surface area contributed by atoms with Gasteiger partial charge in [-0.1, -0.05) is 19.1 Å². The van der Waals surface area contributed by atoms with E-state index in [9.17, 15) is 14.4 Å². The highest BCUT2D eigenvalue weighted by atomic mass is 16.2. The molecule has 0 aromatic rings. The number of amides is 3. The summed E-state index contributed by atoms with van der Waals surface area (Å²) in [7, 11) is 0. The number of carbonyl (C=O) groups is 3. The minimum absolute atomic E-state index is 0.0732. The first-order chi connectivity index (χ1) is 11.1. The smallest absolute Gasteiger partial charge is 0.242 e. The molecule has 2 saturated heterocycles. The fraction of sp³-hybridized carbons (Fsp3) is 0.706. The molecule has 6 nitrogen and oxygen atoms in total. The zero-order chi connectivity index (χ0) is 16.1. The topological polar surface area (TPSA) is 60.9 Å². The van der Waals surface area contributed by atoms with Crippen LogP contribution in [0.25, 0.3) is 0 Å². The van der Waals surface area contributed by atoms with Crippen molar-refractivity contribution >= 4 is 17.7 Å². The predicted molar refractivity (Wildman–Crippen MR) is 83.1 cm³/mol. The molecule has 6 heteroatoms. The third-order valence-electron chi connectivity index (χ3n) is 6.03. The van der Waals surface area contributed by atoms with Gasteiger partial charge in [-0.05, 0) is 24.8 Å². The van der Waals surface area contributed by atoms with Gasteiger partial charge in [0, 0.05) is 26.2 Å². The predicted octanol–water partition coefficient (Wildman–Crippen LogP) is -0.0424. The number of hydrogen-bond donors (Lipinski definition) is 0. The lowest BCUT2D eigenvalue weighted by atomic mass is 9.85. The van der Waals surface area contributed by atoms with Crippen LogP contribution in [0.15, 0.2) is 12.2 Å². The molecular formula is C17H23N3O3. The van der Waals surface area contributed by atoms with Crippen molar-refractivity contribution in [3.8, 4) is 0 Å². The molecule has 0 aromatic heterocycles. The van der Waals surface area contributed by atoms with Gasteiger partial charge in [-0.25, -0.2) is 0 Å². The summed E-state index contributed by atoms with van der Waals surface area (Å²) in [5.41, 5.74) is 0. The standard InChI is InChI=1S/C17H23N3O3/c1-2-18-5-7-19(8-6-18)13(21)10-20-16(22)14-11-3-4-12(9-11)15(14)17(20)23/h3-4,11-12,14-15H,2,5-10H2,1H3. The van der Waals surface area contributed by atoms with Crippen LogP contribution in [-0.4, -0.2) is 71.7 Å². The van der Waals surface area contributed by atoms with Crippen LogP contribution in [0.1, 0.15) is 13.3 Å². The summed E-state index contributed by atoms with van der Waals surface area (Å²) in [6, 6.07) is 0. The first kappa shape index (κ1) is 14.9. The van der Waals surface area contributed by atoms with Gasteiger partial charge in [0.05, 0.1) is 11.8 Å². The van der Waals surface area contributed by atoms with Crippen LogP contribution in [0.5, 0.6) is 0 Å².